The molecule has 2 rings (SSSR count). The third-order valence-electron chi connectivity index (χ3n) is 3.35. The predicted octanol–water partition coefficient (Wildman–Crippen LogP) is 2.20. The second-order valence-corrected chi connectivity index (χ2v) is 5.20. The van der Waals surface area contributed by atoms with Gasteiger partial charge in [0.1, 0.15) is 6.61 Å². The third-order valence-corrected chi connectivity index (χ3v) is 3.35. The Morgan fingerprint density at radius 1 is 1.35 bits per heavy atom. The Bertz CT molecular complexity index is 575. The van der Waals surface area contributed by atoms with Crippen molar-refractivity contribution in [2.24, 2.45) is 0 Å². The number of amides is 2. The number of fused-ring (bicyclic) bond motifs is 1. The van der Waals surface area contributed by atoms with E-state index in [9.17, 15) is 22.8 Å². The van der Waals surface area contributed by atoms with Gasteiger partial charge in [-0.3, -0.25) is 9.59 Å². The molecule has 1 heterocycles. The summed E-state index contributed by atoms with van der Waals surface area (Å²) in [5, 5.41) is 5.33. The van der Waals surface area contributed by atoms with E-state index in [2.05, 4.69) is 15.4 Å². The lowest BCUT2D eigenvalue weighted by atomic mass is 9.90. The number of carbonyl (C=O) groups excluding carboxylic acids is 2. The third kappa shape index (κ3) is 5.24. The van der Waals surface area contributed by atoms with Crippen LogP contribution in [0.15, 0.2) is 24.3 Å². The van der Waals surface area contributed by atoms with E-state index in [-0.39, 0.29) is 37.8 Å². The maximum Gasteiger partial charge on any atom is 0.411 e. The van der Waals surface area contributed by atoms with E-state index in [1.54, 1.807) is 24.3 Å². The lowest BCUT2D eigenvalue weighted by Crippen LogP contribution is -2.35. The molecule has 0 saturated heterocycles. The van der Waals surface area contributed by atoms with Crippen molar-refractivity contribution in [2.45, 2.75) is 24.9 Å². The van der Waals surface area contributed by atoms with E-state index in [0.29, 0.717) is 5.69 Å². The highest BCUT2D eigenvalue weighted by atomic mass is 19.4. The van der Waals surface area contributed by atoms with Crippen LogP contribution in [0.3, 0.4) is 0 Å². The van der Waals surface area contributed by atoms with Crippen LogP contribution in [0.1, 0.15) is 24.3 Å². The van der Waals surface area contributed by atoms with Crippen molar-refractivity contribution in [1.29, 1.82) is 0 Å². The van der Waals surface area contributed by atoms with Gasteiger partial charge >= 0.3 is 6.18 Å². The van der Waals surface area contributed by atoms with E-state index in [0.717, 1.165) is 5.56 Å². The van der Waals surface area contributed by atoms with Gasteiger partial charge < -0.3 is 15.4 Å². The largest absolute Gasteiger partial charge is 0.411 e. The summed E-state index contributed by atoms with van der Waals surface area (Å²) in [6.07, 6.45) is -4.03. The van der Waals surface area contributed by atoms with Crippen LogP contribution in [-0.2, 0) is 14.3 Å². The molecule has 1 aromatic rings. The van der Waals surface area contributed by atoms with Crippen LogP contribution < -0.4 is 10.6 Å². The molecular weight excluding hydrogens is 313 g/mol. The van der Waals surface area contributed by atoms with Crippen LogP contribution in [0, 0.1) is 0 Å². The first-order valence-electron chi connectivity index (χ1n) is 7.18. The normalized spacial score (nSPS) is 17.3. The Labute approximate surface area is 131 Å². The Kier molecular flexibility index (Phi) is 5.59. The van der Waals surface area contributed by atoms with Crippen LogP contribution in [0.5, 0.6) is 0 Å². The Morgan fingerprint density at radius 3 is 2.83 bits per heavy atom. The number of carbonyl (C=O) groups is 2. The number of hydrogen-bond donors (Lipinski definition) is 2. The van der Waals surface area contributed by atoms with Crippen molar-refractivity contribution in [3.05, 3.63) is 29.8 Å². The molecule has 23 heavy (non-hydrogen) atoms. The quantitative estimate of drug-likeness (QED) is 0.786. The Hall–Kier alpha value is -2.09. The fraction of sp³-hybridized carbons (Fsp3) is 0.467. The molecule has 0 unspecified atom stereocenters. The number of alkyl halides is 3. The summed E-state index contributed by atoms with van der Waals surface area (Å²) in [5.41, 5.74) is 1.34. The highest BCUT2D eigenvalue weighted by Crippen LogP contribution is 2.31. The van der Waals surface area contributed by atoms with Crippen LogP contribution in [0.2, 0.25) is 0 Å². The highest BCUT2D eigenvalue weighted by molar-refractivity contribution is 6.01. The molecule has 0 bridgehead atoms. The summed E-state index contributed by atoms with van der Waals surface area (Å²) in [5.74, 6) is -1.14. The molecule has 0 fully saturated rings. The highest BCUT2D eigenvalue weighted by Gasteiger charge is 2.30. The molecule has 1 atom stereocenters. The van der Waals surface area contributed by atoms with Gasteiger partial charge in [0.15, 0.2) is 0 Å². The molecule has 1 aliphatic heterocycles. The molecular formula is C15H17F3N2O3. The van der Waals surface area contributed by atoms with E-state index in [1.807, 2.05) is 0 Å². The molecule has 0 aromatic heterocycles. The fourth-order valence-corrected chi connectivity index (χ4v) is 2.34. The van der Waals surface area contributed by atoms with Gasteiger partial charge in [-0.15, -0.1) is 0 Å². The molecule has 5 nitrogen and oxygen atoms in total. The standard InChI is InChI=1S/C15H17F3N2O3/c16-15(17,18)9-23-7-3-6-19-14(22)11-8-13(21)20-12-5-2-1-4-10(11)12/h1-2,4-5,11H,3,6-9H2,(H,19,22)(H,20,21)/t11-/m1/s1. The van der Waals surface area contributed by atoms with Crippen LogP contribution in [-0.4, -0.2) is 37.7 Å². The summed E-state index contributed by atoms with van der Waals surface area (Å²) in [6.45, 7) is -1.20. The van der Waals surface area contributed by atoms with E-state index in [1.165, 1.54) is 0 Å². The van der Waals surface area contributed by atoms with Gasteiger partial charge in [0.25, 0.3) is 0 Å². The molecule has 2 N–H and O–H groups in total. The van der Waals surface area contributed by atoms with Crippen LogP contribution in [0.25, 0.3) is 0 Å². The van der Waals surface area contributed by atoms with Crippen molar-refractivity contribution in [1.82, 2.24) is 5.32 Å². The van der Waals surface area contributed by atoms with Crippen molar-refractivity contribution in [2.75, 3.05) is 25.1 Å². The van der Waals surface area contributed by atoms with Gasteiger partial charge in [-0.25, -0.2) is 0 Å². The van der Waals surface area contributed by atoms with Gasteiger partial charge in [0.2, 0.25) is 11.8 Å². The minimum Gasteiger partial charge on any atom is -0.372 e. The van der Waals surface area contributed by atoms with E-state index < -0.39 is 18.7 Å². The summed E-state index contributed by atoms with van der Waals surface area (Å²) >= 11 is 0. The van der Waals surface area contributed by atoms with Crippen molar-refractivity contribution in [3.8, 4) is 0 Å². The van der Waals surface area contributed by atoms with Gasteiger partial charge in [-0.1, -0.05) is 18.2 Å². The summed E-state index contributed by atoms with van der Waals surface area (Å²) < 4.78 is 40.1. The lowest BCUT2D eigenvalue weighted by Gasteiger charge is -2.24. The van der Waals surface area contributed by atoms with Crippen molar-refractivity contribution in [3.63, 3.8) is 0 Å². The zero-order valence-electron chi connectivity index (χ0n) is 12.3. The molecule has 0 radical (unpaired) electrons. The average molecular weight is 330 g/mol. The first-order valence-corrected chi connectivity index (χ1v) is 7.18. The van der Waals surface area contributed by atoms with E-state index in [4.69, 9.17) is 0 Å². The summed E-state index contributed by atoms with van der Waals surface area (Å²) in [6, 6.07) is 7.03. The minimum absolute atomic E-state index is 0.0490. The van der Waals surface area contributed by atoms with Crippen LogP contribution in [0.4, 0.5) is 18.9 Å². The van der Waals surface area contributed by atoms with Gasteiger partial charge in [0.05, 0.1) is 5.92 Å². The zero-order valence-corrected chi connectivity index (χ0v) is 12.3. The topological polar surface area (TPSA) is 67.4 Å². The monoisotopic (exact) mass is 330 g/mol. The Balaban J connectivity index is 1.79. The summed E-state index contributed by atoms with van der Waals surface area (Å²) in [4.78, 5) is 23.8. The van der Waals surface area contributed by atoms with Crippen molar-refractivity contribution < 1.29 is 27.5 Å². The van der Waals surface area contributed by atoms with Gasteiger partial charge in [-0.05, 0) is 18.1 Å². The molecule has 0 spiro atoms. The van der Waals surface area contributed by atoms with Gasteiger partial charge in [-0.2, -0.15) is 13.2 Å². The second kappa shape index (κ2) is 7.45. The fourth-order valence-electron chi connectivity index (χ4n) is 2.34. The number of nitrogens with one attached hydrogen (secondary N) is 2. The number of anilines is 1. The number of halogens is 3. The number of hydrogen-bond acceptors (Lipinski definition) is 3. The molecule has 0 saturated carbocycles. The summed E-state index contributed by atoms with van der Waals surface area (Å²) in [7, 11) is 0. The lowest BCUT2D eigenvalue weighted by molar-refractivity contribution is -0.174. The maximum atomic E-state index is 12.2. The number of benzene rings is 1. The predicted molar refractivity (Wildman–Crippen MR) is 76.9 cm³/mol. The number of rotatable bonds is 6. The average Bonchev–Trinajstić information content (AvgIpc) is 2.48. The van der Waals surface area contributed by atoms with E-state index >= 15 is 0 Å². The van der Waals surface area contributed by atoms with Crippen LogP contribution >= 0.6 is 0 Å². The molecule has 2 amide bonds. The SMILES string of the molecule is O=C1C[C@@H](C(=O)NCCCOCC(F)(F)F)c2ccccc2N1. The first-order chi connectivity index (χ1) is 10.9. The minimum atomic E-state index is -4.34. The zero-order chi connectivity index (χ0) is 16.9. The Morgan fingerprint density at radius 2 is 2.09 bits per heavy atom. The smallest absolute Gasteiger partial charge is 0.372 e. The second-order valence-electron chi connectivity index (χ2n) is 5.20. The number of para-hydroxylation sites is 1. The molecule has 1 aliphatic rings. The molecule has 0 aliphatic carbocycles. The first kappa shape index (κ1) is 17.3. The van der Waals surface area contributed by atoms with Gasteiger partial charge in [0, 0.05) is 25.3 Å². The maximum absolute atomic E-state index is 12.2. The van der Waals surface area contributed by atoms with Crippen molar-refractivity contribution >= 4 is 17.5 Å². The molecule has 8 heteroatoms. The molecule has 126 valence electrons. The molecule has 1 aromatic carbocycles. The number of ether oxygens (including phenoxy) is 1.